The first-order valence-electron chi connectivity index (χ1n) is 6.87. The number of benzene rings is 2. The van der Waals surface area contributed by atoms with Crippen molar-refractivity contribution < 1.29 is 4.39 Å². The van der Waals surface area contributed by atoms with Crippen LogP contribution in [0, 0.1) is 5.82 Å². The number of halogens is 2. The Hall–Kier alpha value is -1.38. The fourth-order valence-electron chi connectivity index (χ4n) is 2.35. The SMILES string of the molecule is CCC(N[C@@H](C)c1cccc(F)c1)c1cccc(Cl)c1. The van der Waals surface area contributed by atoms with Gasteiger partial charge in [0.15, 0.2) is 0 Å². The van der Waals surface area contributed by atoms with Crippen molar-refractivity contribution in [1.29, 1.82) is 0 Å². The zero-order chi connectivity index (χ0) is 14.5. The summed E-state index contributed by atoms with van der Waals surface area (Å²) in [6.45, 7) is 4.17. The van der Waals surface area contributed by atoms with Gasteiger partial charge in [0, 0.05) is 17.1 Å². The van der Waals surface area contributed by atoms with Crippen LogP contribution in [0.15, 0.2) is 48.5 Å². The number of rotatable bonds is 5. The highest BCUT2D eigenvalue weighted by Crippen LogP contribution is 2.24. The van der Waals surface area contributed by atoms with E-state index in [1.807, 2.05) is 31.2 Å². The molecule has 0 aromatic heterocycles. The van der Waals surface area contributed by atoms with E-state index in [-0.39, 0.29) is 17.9 Å². The van der Waals surface area contributed by atoms with Crippen molar-refractivity contribution in [2.75, 3.05) is 0 Å². The Balaban J connectivity index is 2.14. The van der Waals surface area contributed by atoms with Gasteiger partial charge in [0.05, 0.1) is 0 Å². The fraction of sp³-hybridized carbons (Fsp3) is 0.294. The molecule has 2 atom stereocenters. The van der Waals surface area contributed by atoms with E-state index in [2.05, 4.69) is 18.3 Å². The first-order valence-corrected chi connectivity index (χ1v) is 7.25. The Bertz CT molecular complexity index is 570. The molecule has 0 aliphatic rings. The maximum atomic E-state index is 13.3. The third-order valence-corrected chi connectivity index (χ3v) is 3.69. The van der Waals surface area contributed by atoms with Gasteiger partial charge in [0.1, 0.15) is 5.82 Å². The zero-order valence-electron chi connectivity index (χ0n) is 11.7. The summed E-state index contributed by atoms with van der Waals surface area (Å²) in [6.07, 6.45) is 0.944. The van der Waals surface area contributed by atoms with Crippen LogP contribution < -0.4 is 5.32 Å². The summed E-state index contributed by atoms with van der Waals surface area (Å²) in [5.74, 6) is -0.202. The monoisotopic (exact) mass is 291 g/mol. The molecule has 0 aliphatic heterocycles. The van der Waals surface area contributed by atoms with Crippen LogP contribution in [0.2, 0.25) is 5.02 Å². The molecule has 2 rings (SSSR count). The normalized spacial score (nSPS) is 14.0. The Morgan fingerprint density at radius 3 is 2.45 bits per heavy atom. The summed E-state index contributed by atoms with van der Waals surface area (Å²) in [7, 11) is 0. The minimum Gasteiger partial charge on any atom is -0.303 e. The van der Waals surface area contributed by atoms with E-state index >= 15 is 0 Å². The molecule has 0 amide bonds. The third-order valence-electron chi connectivity index (χ3n) is 3.46. The van der Waals surface area contributed by atoms with E-state index in [9.17, 15) is 4.39 Å². The average Bonchev–Trinajstić information content (AvgIpc) is 2.44. The van der Waals surface area contributed by atoms with Crippen molar-refractivity contribution in [2.45, 2.75) is 32.4 Å². The van der Waals surface area contributed by atoms with Gasteiger partial charge in [-0.15, -0.1) is 0 Å². The first-order chi connectivity index (χ1) is 9.60. The minimum absolute atomic E-state index is 0.0784. The fourth-order valence-corrected chi connectivity index (χ4v) is 2.55. The topological polar surface area (TPSA) is 12.0 Å². The number of hydrogen-bond donors (Lipinski definition) is 1. The van der Waals surface area contributed by atoms with Gasteiger partial charge in [0.25, 0.3) is 0 Å². The molecule has 0 fully saturated rings. The van der Waals surface area contributed by atoms with Gasteiger partial charge in [-0.1, -0.05) is 42.8 Å². The molecule has 1 nitrogen and oxygen atoms in total. The van der Waals surface area contributed by atoms with E-state index in [0.29, 0.717) is 0 Å². The first kappa shape index (κ1) is 15.0. The molecule has 0 spiro atoms. The van der Waals surface area contributed by atoms with E-state index in [1.54, 1.807) is 12.1 Å². The van der Waals surface area contributed by atoms with Crippen molar-refractivity contribution in [3.05, 3.63) is 70.5 Å². The Labute approximate surface area is 124 Å². The van der Waals surface area contributed by atoms with Crippen LogP contribution in [0.1, 0.15) is 43.5 Å². The minimum atomic E-state index is -0.202. The van der Waals surface area contributed by atoms with Gasteiger partial charge in [-0.2, -0.15) is 0 Å². The maximum Gasteiger partial charge on any atom is 0.123 e. The van der Waals surface area contributed by atoms with E-state index < -0.39 is 0 Å². The summed E-state index contributed by atoms with van der Waals surface area (Å²) >= 11 is 6.04. The summed E-state index contributed by atoms with van der Waals surface area (Å²) in [6, 6.07) is 14.8. The summed E-state index contributed by atoms with van der Waals surface area (Å²) in [4.78, 5) is 0. The summed E-state index contributed by atoms with van der Waals surface area (Å²) < 4.78 is 13.3. The predicted octanol–water partition coefficient (Wildman–Crippen LogP) is 5.28. The Morgan fingerprint density at radius 2 is 1.80 bits per heavy atom. The van der Waals surface area contributed by atoms with Crippen LogP contribution in [0.4, 0.5) is 4.39 Å². The van der Waals surface area contributed by atoms with Crippen LogP contribution in [0.5, 0.6) is 0 Å². The highest BCUT2D eigenvalue weighted by molar-refractivity contribution is 6.30. The van der Waals surface area contributed by atoms with Crippen LogP contribution in [0.25, 0.3) is 0 Å². The molecule has 1 N–H and O–H groups in total. The number of hydrogen-bond acceptors (Lipinski definition) is 1. The van der Waals surface area contributed by atoms with Gasteiger partial charge >= 0.3 is 0 Å². The molecular formula is C17H19ClFN. The second-order valence-corrected chi connectivity index (χ2v) is 5.40. The van der Waals surface area contributed by atoms with Crippen LogP contribution in [-0.2, 0) is 0 Å². The summed E-state index contributed by atoms with van der Waals surface area (Å²) in [5, 5.41) is 4.27. The van der Waals surface area contributed by atoms with Crippen LogP contribution >= 0.6 is 11.6 Å². The Kier molecular flexibility index (Phi) is 5.16. The van der Waals surface area contributed by atoms with Gasteiger partial charge in [-0.25, -0.2) is 4.39 Å². The van der Waals surface area contributed by atoms with E-state index in [1.165, 1.54) is 6.07 Å². The van der Waals surface area contributed by atoms with E-state index in [0.717, 1.165) is 22.6 Å². The molecule has 2 aromatic carbocycles. The lowest BCUT2D eigenvalue weighted by molar-refractivity contribution is 0.455. The van der Waals surface area contributed by atoms with E-state index in [4.69, 9.17) is 11.6 Å². The lowest BCUT2D eigenvalue weighted by Crippen LogP contribution is -2.24. The quantitative estimate of drug-likeness (QED) is 0.790. The molecule has 0 heterocycles. The van der Waals surface area contributed by atoms with Gasteiger partial charge < -0.3 is 5.32 Å². The average molecular weight is 292 g/mol. The standard InChI is InChI=1S/C17H19ClFN/c1-3-17(14-7-4-8-15(18)10-14)20-12(2)13-6-5-9-16(19)11-13/h4-12,17,20H,3H2,1-2H3/t12-,17?/m0/s1. The molecule has 0 saturated heterocycles. The highest BCUT2D eigenvalue weighted by Gasteiger charge is 2.14. The zero-order valence-corrected chi connectivity index (χ0v) is 12.5. The van der Waals surface area contributed by atoms with Crippen molar-refractivity contribution >= 4 is 11.6 Å². The largest absolute Gasteiger partial charge is 0.303 e. The molecule has 106 valence electrons. The second kappa shape index (κ2) is 6.87. The molecule has 2 aromatic rings. The van der Waals surface area contributed by atoms with Crippen molar-refractivity contribution in [2.24, 2.45) is 0 Å². The molecule has 0 saturated carbocycles. The van der Waals surface area contributed by atoms with Crippen molar-refractivity contribution in [3.8, 4) is 0 Å². The van der Waals surface area contributed by atoms with Gasteiger partial charge in [-0.3, -0.25) is 0 Å². The summed E-state index contributed by atoms with van der Waals surface area (Å²) in [5.41, 5.74) is 2.11. The molecule has 3 heteroatoms. The molecule has 20 heavy (non-hydrogen) atoms. The molecule has 0 aliphatic carbocycles. The Morgan fingerprint density at radius 1 is 1.10 bits per heavy atom. The lowest BCUT2D eigenvalue weighted by Gasteiger charge is -2.23. The van der Waals surface area contributed by atoms with Crippen molar-refractivity contribution in [1.82, 2.24) is 5.32 Å². The number of nitrogens with one attached hydrogen (secondary N) is 1. The molecule has 1 unspecified atom stereocenters. The molecular weight excluding hydrogens is 273 g/mol. The maximum absolute atomic E-state index is 13.3. The predicted molar refractivity (Wildman–Crippen MR) is 82.4 cm³/mol. The highest BCUT2D eigenvalue weighted by atomic mass is 35.5. The lowest BCUT2D eigenvalue weighted by atomic mass is 10.0. The van der Waals surface area contributed by atoms with Crippen LogP contribution in [0.3, 0.4) is 0 Å². The second-order valence-electron chi connectivity index (χ2n) is 4.96. The van der Waals surface area contributed by atoms with Gasteiger partial charge in [-0.05, 0) is 48.7 Å². The molecule has 0 bridgehead atoms. The van der Waals surface area contributed by atoms with Crippen LogP contribution in [-0.4, -0.2) is 0 Å². The third kappa shape index (κ3) is 3.81. The smallest absolute Gasteiger partial charge is 0.123 e. The van der Waals surface area contributed by atoms with Crippen molar-refractivity contribution in [3.63, 3.8) is 0 Å². The molecule has 0 radical (unpaired) electrons. The van der Waals surface area contributed by atoms with Gasteiger partial charge in [0.2, 0.25) is 0 Å².